The van der Waals surface area contributed by atoms with Gasteiger partial charge in [-0.3, -0.25) is 24.5 Å². The average molecular weight is 710 g/mol. The zero-order valence-corrected chi connectivity index (χ0v) is 30.8. The standard InChI is InChI=1S/C40H51N7O5/c1-26-33(23-41-45(3)38(26)50)42-31-21-30(24-44(2)25-31)27-5-7-28(8-6-27)39(51)47-19-15-40(16-20-47)13-17-46(18-14-40)34-11-9-29(22-35(34)52-4)32-10-12-36(48)43-37(32)49/h5-9,11,22-23,30-32,42H,10,12-21,24-25H2,1-4H3,(H,43,48,49)/t30-,31+,32?/m0/s1. The maximum absolute atomic E-state index is 13.6. The van der Waals surface area contributed by atoms with Gasteiger partial charge in [0.2, 0.25) is 11.8 Å². The Balaban J connectivity index is 0.921. The molecule has 52 heavy (non-hydrogen) atoms. The minimum absolute atomic E-state index is 0.0889. The van der Waals surface area contributed by atoms with Crippen LogP contribution in [-0.2, 0) is 16.6 Å². The van der Waals surface area contributed by atoms with E-state index in [1.807, 2.05) is 36.1 Å². The van der Waals surface area contributed by atoms with Crippen LogP contribution in [0.4, 0.5) is 11.4 Å². The maximum atomic E-state index is 13.6. The highest BCUT2D eigenvalue weighted by atomic mass is 16.5. The average Bonchev–Trinajstić information content (AvgIpc) is 3.15. The first-order valence-electron chi connectivity index (χ1n) is 18.7. The number of nitrogens with one attached hydrogen (secondary N) is 2. The molecule has 4 aliphatic rings. The number of benzene rings is 2. The molecule has 276 valence electrons. The van der Waals surface area contributed by atoms with Gasteiger partial charge in [0.15, 0.2) is 0 Å². The molecule has 0 bridgehead atoms. The van der Waals surface area contributed by atoms with Gasteiger partial charge < -0.3 is 24.8 Å². The van der Waals surface area contributed by atoms with Crippen molar-refractivity contribution in [2.75, 3.05) is 63.6 Å². The highest BCUT2D eigenvalue weighted by Crippen LogP contribution is 2.44. The minimum Gasteiger partial charge on any atom is -0.495 e. The largest absolute Gasteiger partial charge is 0.495 e. The fraction of sp³-hybridized carbons (Fsp3) is 0.525. The van der Waals surface area contributed by atoms with Gasteiger partial charge in [0.05, 0.1) is 30.6 Å². The van der Waals surface area contributed by atoms with Crippen molar-refractivity contribution in [3.63, 3.8) is 0 Å². The van der Waals surface area contributed by atoms with Crippen LogP contribution < -0.4 is 25.8 Å². The van der Waals surface area contributed by atoms with E-state index in [-0.39, 0.29) is 40.7 Å². The van der Waals surface area contributed by atoms with Gasteiger partial charge in [-0.05, 0) is 99.2 Å². The summed E-state index contributed by atoms with van der Waals surface area (Å²) in [4.78, 5) is 56.8. The second-order valence-corrected chi connectivity index (χ2v) is 15.4. The number of amides is 3. The van der Waals surface area contributed by atoms with Gasteiger partial charge in [0.25, 0.3) is 11.5 Å². The summed E-state index contributed by atoms with van der Waals surface area (Å²) in [6, 6.07) is 14.4. The predicted molar refractivity (Wildman–Crippen MR) is 200 cm³/mol. The maximum Gasteiger partial charge on any atom is 0.271 e. The number of aromatic nitrogens is 2. The first kappa shape index (κ1) is 35.7. The second kappa shape index (κ2) is 14.7. The van der Waals surface area contributed by atoms with E-state index in [1.165, 1.54) is 10.2 Å². The summed E-state index contributed by atoms with van der Waals surface area (Å²) in [7, 11) is 5.46. The molecule has 3 amide bonds. The molecule has 2 N–H and O–H groups in total. The van der Waals surface area contributed by atoms with Crippen LogP contribution in [0.25, 0.3) is 0 Å². The number of likely N-dealkylation sites (tertiary alicyclic amines) is 2. The molecule has 4 aliphatic heterocycles. The lowest BCUT2D eigenvalue weighted by Crippen LogP contribution is -2.48. The Hall–Kier alpha value is -4.71. The molecule has 5 heterocycles. The van der Waals surface area contributed by atoms with Crippen molar-refractivity contribution in [2.24, 2.45) is 12.5 Å². The smallest absolute Gasteiger partial charge is 0.271 e. The quantitative estimate of drug-likeness (QED) is 0.350. The third-order valence-corrected chi connectivity index (χ3v) is 12.1. The van der Waals surface area contributed by atoms with Crippen molar-refractivity contribution < 1.29 is 19.1 Å². The van der Waals surface area contributed by atoms with Crippen molar-refractivity contribution in [1.29, 1.82) is 0 Å². The molecule has 12 heteroatoms. The molecule has 3 atom stereocenters. The number of aryl methyl sites for hydroxylation is 1. The number of imide groups is 1. The normalized spacial score (nSPS) is 23.7. The van der Waals surface area contributed by atoms with E-state index in [0.29, 0.717) is 24.3 Å². The molecule has 0 saturated carbocycles. The highest BCUT2D eigenvalue weighted by molar-refractivity contribution is 6.01. The Morgan fingerprint density at radius 2 is 1.63 bits per heavy atom. The highest BCUT2D eigenvalue weighted by Gasteiger charge is 2.39. The number of carbonyl (C=O) groups excluding carboxylic acids is 3. The van der Waals surface area contributed by atoms with Gasteiger partial charge in [0.1, 0.15) is 5.75 Å². The molecule has 12 nitrogen and oxygen atoms in total. The fourth-order valence-corrected chi connectivity index (χ4v) is 8.85. The van der Waals surface area contributed by atoms with Crippen molar-refractivity contribution in [3.8, 4) is 5.75 Å². The Morgan fingerprint density at radius 3 is 2.33 bits per heavy atom. The third-order valence-electron chi connectivity index (χ3n) is 12.1. The van der Waals surface area contributed by atoms with Crippen LogP contribution in [0.5, 0.6) is 5.75 Å². The van der Waals surface area contributed by atoms with Crippen LogP contribution >= 0.6 is 0 Å². The Bertz CT molecular complexity index is 1870. The summed E-state index contributed by atoms with van der Waals surface area (Å²) >= 11 is 0. The predicted octanol–water partition coefficient (Wildman–Crippen LogP) is 4.04. The lowest BCUT2D eigenvalue weighted by atomic mass is 9.71. The van der Waals surface area contributed by atoms with Crippen molar-refractivity contribution in [1.82, 2.24) is 24.9 Å². The molecule has 4 fully saturated rings. The molecule has 0 aliphatic carbocycles. The van der Waals surface area contributed by atoms with E-state index in [1.54, 1.807) is 20.4 Å². The number of carbonyl (C=O) groups is 3. The van der Waals surface area contributed by atoms with Gasteiger partial charge >= 0.3 is 0 Å². The zero-order chi connectivity index (χ0) is 36.6. The number of methoxy groups -OCH3 is 1. The molecule has 0 radical (unpaired) electrons. The number of ether oxygens (including phenoxy) is 1. The monoisotopic (exact) mass is 709 g/mol. The van der Waals surface area contributed by atoms with Gasteiger partial charge in [-0.2, -0.15) is 5.10 Å². The molecule has 7 rings (SSSR count). The van der Waals surface area contributed by atoms with E-state index in [0.717, 1.165) is 99.6 Å². The number of rotatable bonds is 7. The number of nitrogens with zero attached hydrogens (tertiary/aromatic N) is 5. The summed E-state index contributed by atoms with van der Waals surface area (Å²) in [6.45, 7) is 7.01. The zero-order valence-electron chi connectivity index (χ0n) is 30.8. The number of piperidine rings is 4. The van der Waals surface area contributed by atoms with Gasteiger partial charge in [-0.25, -0.2) is 4.68 Å². The van der Waals surface area contributed by atoms with Crippen LogP contribution in [-0.4, -0.2) is 96.8 Å². The van der Waals surface area contributed by atoms with E-state index in [4.69, 9.17) is 4.74 Å². The van der Waals surface area contributed by atoms with Crippen LogP contribution in [0.2, 0.25) is 0 Å². The summed E-state index contributed by atoms with van der Waals surface area (Å²) < 4.78 is 7.15. The summed E-state index contributed by atoms with van der Waals surface area (Å²) in [6.07, 6.45) is 7.65. The molecular formula is C40H51N7O5. The summed E-state index contributed by atoms with van der Waals surface area (Å²) in [5.74, 6) is 0.378. The molecule has 1 spiro atoms. The van der Waals surface area contributed by atoms with Crippen LogP contribution in [0.15, 0.2) is 53.5 Å². The van der Waals surface area contributed by atoms with Crippen LogP contribution in [0.1, 0.15) is 83.8 Å². The lowest BCUT2D eigenvalue weighted by Gasteiger charge is -2.47. The Kier molecular flexibility index (Phi) is 10.1. The van der Waals surface area contributed by atoms with E-state index >= 15 is 0 Å². The van der Waals surface area contributed by atoms with Crippen LogP contribution in [0, 0.1) is 12.3 Å². The van der Waals surface area contributed by atoms with E-state index in [2.05, 4.69) is 50.8 Å². The Morgan fingerprint density at radius 1 is 0.942 bits per heavy atom. The SMILES string of the molecule is COc1cc(C2CCC(=O)NC2=O)ccc1N1CCC2(CCN(C(=O)c3ccc([C@H]4C[C@@H](Nc5cnn(C)c(=O)c5C)CN(C)C4)cc3)CC2)CC1. The summed E-state index contributed by atoms with van der Waals surface area (Å²) in [5.41, 5.74) is 5.48. The first-order chi connectivity index (χ1) is 25.0. The number of hydrogen-bond donors (Lipinski definition) is 2. The third kappa shape index (κ3) is 7.30. The first-order valence-corrected chi connectivity index (χ1v) is 18.7. The van der Waals surface area contributed by atoms with Crippen molar-refractivity contribution >= 4 is 29.1 Å². The minimum atomic E-state index is -0.340. The van der Waals surface area contributed by atoms with Gasteiger partial charge in [-0.15, -0.1) is 0 Å². The number of anilines is 2. The second-order valence-electron chi connectivity index (χ2n) is 15.4. The topological polar surface area (TPSA) is 129 Å². The summed E-state index contributed by atoms with van der Waals surface area (Å²) in [5, 5.41) is 10.2. The molecule has 4 saturated heterocycles. The van der Waals surface area contributed by atoms with Gasteiger partial charge in [-0.1, -0.05) is 18.2 Å². The molecule has 1 unspecified atom stereocenters. The molecule has 2 aromatic carbocycles. The number of likely N-dealkylation sites (N-methyl/N-ethyl adjacent to an activating group) is 1. The van der Waals surface area contributed by atoms with E-state index in [9.17, 15) is 19.2 Å². The van der Waals surface area contributed by atoms with Crippen LogP contribution in [0.3, 0.4) is 0 Å². The fourth-order valence-electron chi connectivity index (χ4n) is 8.85. The Labute approximate surface area is 305 Å². The van der Waals surface area contributed by atoms with Crippen molar-refractivity contribution in [2.45, 2.75) is 69.7 Å². The lowest BCUT2D eigenvalue weighted by molar-refractivity contribution is -0.134. The molecule has 3 aromatic rings. The molecular weight excluding hydrogens is 658 g/mol. The van der Waals surface area contributed by atoms with E-state index < -0.39 is 0 Å². The van der Waals surface area contributed by atoms with Gasteiger partial charge in [0, 0.05) is 69.9 Å². The van der Waals surface area contributed by atoms with Crippen molar-refractivity contribution in [3.05, 3.63) is 81.3 Å². The number of hydrogen-bond acceptors (Lipinski definition) is 9. The molecule has 1 aromatic heterocycles.